The molecular weight excluding hydrogens is 214 g/mol. The van der Waals surface area contributed by atoms with Gasteiger partial charge in [0.25, 0.3) is 0 Å². The number of aryl methyl sites for hydroxylation is 3. The molecule has 92 valence electrons. The third-order valence-electron chi connectivity index (χ3n) is 2.88. The molecule has 2 N–H and O–H groups in total. The minimum atomic E-state index is -0.203. The van der Waals surface area contributed by atoms with Crippen molar-refractivity contribution in [3.63, 3.8) is 0 Å². The average Bonchev–Trinajstić information content (AvgIpc) is 2.85. The highest BCUT2D eigenvalue weighted by molar-refractivity contribution is 5.25. The molecule has 0 amide bonds. The lowest BCUT2D eigenvalue weighted by atomic mass is 10.1. The van der Waals surface area contributed by atoms with Gasteiger partial charge in [-0.15, -0.1) is 0 Å². The molecule has 5 nitrogen and oxygen atoms in total. The first-order chi connectivity index (χ1) is 8.13. The fourth-order valence-corrected chi connectivity index (χ4v) is 2.09. The first-order valence-electron chi connectivity index (χ1n) is 5.90. The lowest BCUT2D eigenvalue weighted by Crippen LogP contribution is -2.18. The molecule has 0 radical (unpaired) electrons. The van der Waals surface area contributed by atoms with Gasteiger partial charge in [-0.1, -0.05) is 6.92 Å². The Kier molecular flexibility index (Phi) is 3.28. The van der Waals surface area contributed by atoms with E-state index in [9.17, 15) is 0 Å². The summed E-state index contributed by atoms with van der Waals surface area (Å²) >= 11 is 0. The van der Waals surface area contributed by atoms with E-state index in [-0.39, 0.29) is 6.04 Å². The summed E-state index contributed by atoms with van der Waals surface area (Å²) in [4.78, 5) is 4.36. The lowest BCUT2D eigenvalue weighted by molar-refractivity contribution is 0.611. The predicted octanol–water partition coefficient (Wildman–Crippen LogP) is 1.38. The van der Waals surface area contributed by atoms with Gasteiger partial charge >= 0.3 is 0 Å². The monoisotopic (exact) mass is 233 g/mol. The van der Waals surface area contributed by atoms with Crippen LogP contribution in [0.25, 0.3) is 0 Å². The topological polar surface area (TPSA) is 61.7 Å². The molecule has 0 fully saturated rings. The number of hydrogen-bond donors (Lipinski definition) is 1. The van der Waals surface area contributed by atoms with Crippen LogP contribution in [-0.2, 0) is 13.6 Å². The first-order valence-corrected chi connectivity index (χ1v) is 5.90. The van der Waals surface area contributed by atoms with E-state index in [1.54, 1.807) is 10.9 Å². The van der Waals surface area contributed by atoms with E-state index < -0.39 is 0 Å². The second-order valence-corrected chi connectivity index (χ2v) is 4.30. The molecule has 0 saturated heterocycles. The molecular formula is C12H19N5. The van der Waals surface area contributed by atoms with Crippen molar-refractivity contribution in [1.82, 2.24) is 19.3 Å². The quantitative estimate of drug-likeness (QED) is 0.868. The zero-order valence-corrected chi connectivity index (χ0v) is 10.6. The molecule has 0 saturated carbocycles. The molecule has 1 unspecified atom stereocenters. The molecule has 0 spiro atoms. The summed E-state index contributed by atoms with van der Waals surface area (Å²) in [5, 5.41) is 4.32. The van der Waals surface area contributed by atoms with Crippen LogP contribution in [0.5, 0.6) is 0 Å². The molecule has 2 heterocycles. The van der Waals surface area contributed by atoms with Crippen LogP contribution in [0.1, 0.15) is 36.5 Å². The van der Waals surface area contributed by atoms with E-state index in [1.807, 2.05) is 26.4 Å². The smallest absolute Gasteiger partial charge is 0.130 e. The SMILES string of the molecule is CCCn1ccnc1C(N)c1cn(C)nc1C. The standard InChI is InChI=1S/C12H19N5/c1-4-6-17-7-5-14-12(17)11(13)10-8-16(3)15-9(10)2/h5,7-8,11H,4,6,13H2,1-3H3. The summed E-state index contributed by atoms with van der Waals surface area (Å²) in [6, 6.07) is -0.203. The largest absolute Gasteiger partial charge is 0.333 e. The number of hydrogen-bond acceptors (Lipinski definition) is 3. The Hall–Kier alpha value is -1.62. The lowest BCUT2D eigenvalue weighted by Gasteiger charge is -2.12. The molecule has 2 aromatic heterocycles. The Morgan fingerprint density at radius 1 is 1.47 bits per heavy atom. The molecule has 0 aromatic carbocycles. The van der Waals surface area contributed by atoms with Crippen molar-refractivity contribution in [3.05, 3.63) is 35.7 Å². The Bertz CT molecular complexity index is 497. The molecule has 0 bridgehead atoms. The maximum atomic E-state index is 6.27. The predicted molar refractivity (Wildman–Crippen MR) is 66.5 cm³/mol. The second-order valence-electron chi connectivity index (χ2n) is 4.30. The number of rotatable bonds is 4. The van der Waals surface area contributed by atoms with Crippen molar-refractivity contribution in [2.75, 3.05) is 0 Å². The highest BCUT2D eigenvalue weighted by atomic mass is 15.3. The molecule has 0 aliphatic heterocycles. The Morgan fingerprint density at radius 2 is 2.24 bits per heavy atom. The van der Waals surface area contributed by atoms with Gasteiger partial charge in [0.2, 0.25) is 0 Å². The van der Waals surface area contributed by atoms with Crippen LogP contribution in [0.4, 0.5) is 0 Å². The fraction of sp³-hybridized carbons (Fsp3) is 0.500. The molecule has 5 heteroatoms. The van der Waals surface area contributed by atoms with E-state index in [1.165, 1.54) is 0 Å². The maximum absolute atomic E-state index is 6.27. The highest BCUT2D eigenvalue weighted by Crippen LogP contribution is 2.20. The van der Waals surface area contributed by atoms with Crippen LogP contribution in [0, 0.1) is 6.92 Å². The van der Waals surface area contributed by atoms with Crippen molar-refractivity contribution in [1.29, 1.82) is 0 Å². The van der Waals surface area contributed by atoms with Crippen molar-refractivity contribution in [3.8, 4) is 0 Å². The Labute approximate surface area is 101 Å². The molecule has 2 aromatic rings. The summed E-state index contributed by atoms with van der Waals surface area (Å²) in [5.41, 5.74) is 8.27. The van der Waals surface area contributed by atoms with Crippen LogP contribution in [-0.4, -0.2) is 19.3 Å². The van der Waals surface area contributed by atoms with Gasteiger partial charge in [0.15, 0.2) is 0 Å². The molecule has 1 atom stereocenters. The van der Waals surface area contributed by atoms with Crippen molar-refractivity contribution < 1.29 is 0 Å². The summed E-state index contributed by atoms with van der Waals surface area (Å²) in [6.07, 6.45) is 6.81. The molecule has 2 rings (SSSR count). The average molecular weight is 233 g/mol. The second kappa shape index (κ2) is 4.71. The van der Waals surface area contributed by atoms with Gasteiger partial charge in [-0.05, 0) is 13.3 Å². The van der Waals surface area contributed by atoms with E-state index in [0.29, 0.717) is 0 Å². The van der Waals surface area contributed by atoms with Gasteiger partial charge in [-0.25, -0.2) is 4.98 Å². The summed E-state index contributed by atoms with van der Waals surface area (Å²) < 4.78 is 3.90. The van der Waals surface area contributed by atoms with Crippen molar-refractivity contribution in [2.45, 2.75) is 32.9 Å². The summed E-state index contributed by atoms with van der Waals surface area (Å²) in [5.74, 6) is 0.906. The number of aromatic nitrogens is 4. The van der Waals surface area contributed by atoms with Gasteiger partial charge in [0.1, 0.15) is 5.82 Å². The van der Waals surface area contributed by atoms with Crippen molar-refractivity contribution in [2.24, 2.45) is 12.8 Å². The van der Waals surface area contributed by atoms with E-state index >= 15 is 0 Å². The first kappa shape index (κ1) is 11.9. The van der Waals surface area contributed by atoms with Crippen LogP contribution in [0.15, 0.2) is 18.6 Å². The minimum absolute atomic E-state index is 0.203. The zero-order valence-electron chi connectivity index (χ0n) is 10.6. The number of imidazole rings is 1. The van der Waals surface area contributed by atoms with Gasteiger partial charge in [0, 0.05) is 37.7 Å². The summed E-state index contributed by atoms with van der Waals surface area (Å²) in [7, 11) is 1.90. The number of nitrogens with two attached hydrogens (primary N) is 1. The van der Waals surface area contributed by atoms with E-state index in [2.05, 4.69) is 21.6 Å². The third-order valence-corrected chi connectivity index (χ3v) is 2.88. The fourth-order valence-electron chi connectivity index (χ4n) is 2.09. The van der Waals surface area contributed by atoms with Gasteiger partial charge in [-0.2, -0.15) is 5.10 Å². The number of nitrogens with zero attached hydrogens (tertiary/aromatic N) is 4. The summed E-state index contributed by atoms with van der Waals surface area (Å²) in [6.45, 7) is 5.06. The van der Waals surface area contributed by atoms with Crippen molar-refractivity contribution >= 4 is 0 Å². The maximum Gasteiger partial charge on any atom is 0.130 e. The van der Waals surface area contributed by atoms with Gasteiger partial charge < -0.3 is 10.3 Å². The van der Waals surface area contributed by atoms with Crippen LogP contribution in [0.3, 0.4) is 0 Å². The molecule has 17 heavy (non-hydrogen) atoms. The van der Waals surface area contributed by atoms with Gasteiger partial charge in [0.05, 0.1) is 11.7 Å². The van der Waals surface area contributed by atoms with Crippen LogP contribution < -0.4 is 5.73 Å². The zero-order chi connectivity index (χ0) is 12.4. The minimum Gasteiger partial charge on any atom is -0.333 e. The van der Waals surface area contributed by atoms with E-state index in [4.69, 9.17) is 5.73 Å². The van der Waals surface area contributed by atoms with Crippen LogP contribution in [0.2, 0.25) is 0 Å². The Balaban J connectivity index is 2.33. The van der Waals surface area contributed by atoms with Crippen LogP contribution >= 0.6 is 0 Å². The van der Waals surface area contributed by atoms with Gasteiger partial charge in [-0.3, -0.25) is 4.68 Å². The molecule has 0 aliphatic rings. The normalized spacial score (nSPS) is 12.9. The Morgan fingerprint density at radius 3 is 2.82 bits per heavy atom. The van der Waals surface area contributed by atoms with E-state index in [0.717, 1.165) is 30.0 Å². The molecule has 0 aliphatic carbocycles. The third kappa shape index (κ3) is 2.24. The highest BCUT2D eigenvalue weighted by Gasteiger charge is 2.18.